The summed E-state index contributed by atoms with van der Waals surface area (Å²) >= 11 is 0. The molecule has 18 heavy (non-hydrogen) atoms. The summed E-state index contributed by atoms with van der Waals surface area (Å²) in [5.74, 6) is -0.0685. The van der Waals surface area contributed by atoms with E-state index in [1.165, 1.54) is 5.69 Å². The fourth-order valence-corrected chi connectivity index (χ4v) is 2.25. The lowest BCUT2D eigenvalue weighted by Crippen LogP contribution is -2.36. The van der Waals surface area contributed by atoms with E-state index in [9.17, 15) is 4.79 Å². The van der Waals surface area contributed by atoms with Gasteiger partial charge in [-0.05, 0) is 23.6 Å². The third-order valence-electron chi connectivity index (χ3n) is 3.35. The maximum absolute atomic E-state index is 10.9. The van der Waals surface area contributed by atoms with Crippen LogP contribution >= 0.6 is 0 Å². The maximum Gasteiger partial charge on any atom is 0.218 e. The van der Waals surface area contributed by atoms with Crippen LogP contribution in [0.5, 0.6) is 0 Å². The number of nitrogens with zero attached hydrogens (tertiary/aromatic N) is 1. The molecule has 0 aliphatic carbocycles. The third kappa shape index (κ3) is 3.23. The van der Waals surface area contributed by atoms with Gasteiger partial charge in [0.1, 0.15) is 0 Å². The molecule has 1 amide bonds. The molecule has 0 spiro atoms. The molecule has 98 valence electrons. The molecule has 0 radical (unpaired) electrons. The molecule has 0 aromatic heterocycles. The van der Waals surface area contributed by atoms with Crippen molar-refractivity contribution in [3.05, 3.63) is 29.8 Å². The number of nitrogens with two attached hydrogens (primary N) is 1. The number of ether oxygens (including phenoxy) is 1. The van der Waals surface area contributed by atoms with Crippen molar-refractivity contribution in [3.63, 3.8) is 0 Å². The first-order valence-electron chi connectivity index (χ1n) is 6.38. The van der Waals surface area contributed by atoms with E-state index in [0.717, 1.165) is 31.9 Å². The molecule has 0 bridgehead atoms. The normalized spacial score (nSPS) is 17.5. The number of hydrogen-bond acceptors (Lipinski definition) is 3. The van der Waals surface area contributed by atoms with Crippen LogP contribution in [0.4, 0.5) is 5.69 Å². The number of primary amides is 1. The Balaban J connectivity index is 2.02. The van der Waals surface area contributed by atoms with Gasteiger partial charge in [-0.1, -0.05) is 19.1 Å². The number of benzene rings is 1. The Morgan fingerprint density at radius 3 is 2.50 bits per heavy atom. The van der Waals surface area contributed by atoms with E-state index in [1.54, 1.807) is 0 Å². The summed E-state index contributed by atoms with van der Waals surface area (Å²) in [6.07, 6.45) is 0.400. The van der Waals surface area contributed by atoms with Gasteiger partial charge in [0.05, 0.1) is 13.2 Å². The van der Waals surface area contributed by atoms with Gasteiger partial charge < -0.3 is 15.4 Å². The summed E-state index contributed by atoms with van der Waals surface area (Å²) in [5, 5.41) is 0. The Labute approximate surface area is 108 Å². The van der Waals surface area contributed by atoms with Crippen molar-refractivity contribution in [2.75, 3.05) is 31.2 Å². The highest BCUT2D eigenvalue weighted by Gasteiger charge is 2.12. The van der Waals surface area contributed by atoms with Crippen molar-refractivity contribution in [3.8, 4) is 0 Å². The van der Waals surface area contributed by atoms with Crippen LogP contribution in [0.25, 0.3) is 0 Å². The Kier molecular flexibility index (Phi) is 4.20. The SMILES string of the molecule is CC(CC(N)=O)c1ccc(N2CCOCC2)cc1. The van der Waals surface area contributed by atoms with Crippen molar-refractivity contribution >= 4 is 11.6 Å². The molecule has 1 heterocycles. The number of carbonyl (C=O) groups is 1. The summed E-state index contributed by atoms with van der Waals surface area (Å²) in [5.41, 5.74) is 7.59. The second-order valence-electron chi connectivity index (χ2n) is 4.76. The highest BCUT2D eigenvalue weighted by Crippen LogP contribution is 2.23. The predicted molar refractivity (Wildman–Crippen MR) is 71.7 cm³/mol. The first-order chi connectivity index (χ1) is 8.66. The van der Waals surface area contributed by atoms with Crippen molar-refractivity contribution in [1.82, 2.24) is 0 Å². The first kappa shape index (κ1) is 12.9. The van der Waals surface area contributed by atoms with Crippen LogP contribution in [0.15, 0.2) is 24.3 Å². The number of rotatable bonds is 4. The molecule has 1 aromatic carbocycles. The number of carbonyl (C=O) groups excluding carboxylic acids is 1. The summed E-state index contributed by atoms with van der Waals surface area (Å²) in [4.78, 5) is 13.2. The van der Waals surface area contributed by atoms with Gasteiger partial charge in [-0.25, -0.2) is 0 Å². The fourth-order valence-electron chi connectivity index (χ4n) is 2.25. The highest BCUT2D eigenvalue weighted by atomic mass is 16.5. The van der Waals surface area contributed by atoms with E-state index in [-0.39, 0.29) is 11.8 Å². The van der Waals surface area contributed by atoms with Crippen LogP contribution in [-0.2, 0) is 9.53 Å². The largest absolute Gasteiger partial charge is 0.378 e. The predicted octanol–water partition coefficient (Wildman–Crippen LogP) is 1.50. The van der Waals surface area contributed by atoms with Crippen LogP contribution < -0.4 is 10.6 Å². The lowest BCUT2D eigenvalue weighted by molar-refractivity contribution is -0.118. The Morgan fingerprint density at radius 2 is 1.94 bits per heavy atom. The van der Waals surface area contributed by atoms with Crippen LogP contribution in [0.2, 0.25) is 0 Å². The van der Waals surface area contributed by atoms with Crippen LogP contribution in [0, 0.1) is 0 Å². The second-order valence-corrected chi connectivity index (χ2v) is 4.76. The van der Waals surface area contributed by atoms with Crippen molar-refractivity contribution in [2.45, 2.75) is 19.3 Å². The van der Waals surface area contributed by atoms with Gasteiger partial charge >= 0.3 is 0 Å². The number of hydrogen-bond donors (Lipinski definition) is 1. The molecule has 1 aromatic rings. The Bertz CT molecular complexity index is 397. The van der Waals surface area contributed by atoms with Gasteiger partial charge in [-0.3, -0.25) is 4.79 Å². The molecule has 1 saturated heterocycles. The maximum atomic E-state index is 10.9. The summed E-state index contributed by atoms with van der Waals surface area (Å²) < 4.78 is 5.33. The minimum absolute atomic E-state index is 0.182. The average molecular weight is 248 g/mol. The van der Waals surface area contributed by atoms with Gasteiger partial charge in [0, 0.05) is 25.2 Å². The monoisotopic (exact) mass is 248 g/mol. The van der Waals surface area contributed by atoms with Crippen LogP contribution in [0.1, 0.15) is 24.8 Å². The zero-order chi connectivity index (χ0) is 13.0. The van der Waals surface area contributed by atoms with Crippen LogP contribution in [0.3, 0.4) is 0 Å². The second kappa shape index (κ2) is 5.87. The van der Waals surface area contributed by atoms with E-state index in [2.05, 4.69) is 29.2 Å². The number of anilines is 1. The molecule has 1 atom stereocenters. The zero-order valence-corrected chi connectivity index (χ0v) is 10.8. The van der Waals surface area contributed by atoms with E-state index in [1.807, 2.05) is 6.92 Å². The van der Waals surface area contributed by atoms with Gasteiger partial charge in [0.15, 0.2) is 0 Å². The molecule has 0 saturated carbocycles. The zero-order valence-electron chi connectivity index (χ0n) is 10.8. The third-order valence-corrected chi connectivity index (χ3v) is 3.35. The minimum atomic E-state index is -0.250. The minimum Gasteiger partial charge on any atom is -0.378 e. The highest BCUT2D eigenvalue weighted by molar-refractivity contribution is 5.74. The molecule has 4 nitrogen and oxygen atoms in total. The van der Waals surface area contributed by atoms with E-state index < -0.39 is 0 Å². The van der Waals surface area contributed by atoms with Crippen molar-refractivity contribution < 1.29 is 9.53 Å². The van der Waals surface area contributed by atoms with Crippen molar-refractivity contribution in [2.24, 2.45) is 5.73 Å². The molecule has 2 rings (SSSR count). The first-order valence-corrected chi connectivity index (χ1v) is 6.38. The van der Waals surface area contributed by atoms with E-state index in [4.69, 9.17) is 10.5 Å². The molecule has 1 fully saturated rings. The fraction of sp³-hybridized carbons (Fsp3) is 0.500. The van der Waals surface area contributed by atoms with E-state index >= 15 is 0 Å². The van der Waals surface area contributed by atoms with Crippen LogP contribution in [-0.4, -0.2) is 32.2 Å². The number of amides is 1. The molecular weight excluding hydrogens is 228 g/mol. The van der Waals surface area contributed by atoms with Gasteiger partial charge in [-0.2, -0.15) is 0 Å². The summed E-state index contributed by atoms with van der Waals surface area (Å²) in [7, 11) is 0. The smallest absolute Gasteiger partial charge is 0.218 e. The number of morpholine rings is 1. The average Bonchev–Trinajstić information content (AvgIpc) is 2.39. The Hall–Kier alpha value is -1.55. The summed E-state index contributed by atoms with van der Waals surface area (Å²) in [6.45, 7) is 5.49. The van der Waals surface area contributed by atoms with Crippen molar-refractivity contribution in [1.29, 1.82) is 0 Å². The molecule has 1 unspecified atom stereocenters. The molecule has 1 aliphatic rings. The standard InChI is InChI=1S/C14H20N2O2/c1-11(10-14(15)17)12-2-4-13(5-3-12)16-6-8-18-9-7-16/h2-5,11H,6-10H2,1H3,(H2,15,17). The topological polar surface area (TPSA) is 55.6 Å². The molecule has 2 N–H and O–H groups in total. The molecule has 1 aliphatic heterocycles. The summed E-state index contributed by atoms with van der Waals surface area (Å²) in [6, 6.07) is 8.38. The lowest BCUT2D eigenvalue weighted by atomic mass is 9.97. The molecular formula is C14H20N2O2. The Morgan fingerprint density at radius 1 is 1.33 bits per heavy atom. The molecule has 4 heteroatoms. The van der Waals surface area contributed by atoms with Gasteiger partial charge in [-0.15, -0.1) is 0 Å². The van der Waals surface area contributed by atoms with Gasteiger partial charge in [0.2, 0.25) is 5.91 Å². The van der Waals surface area contributed by atoms with E-state index in [0.29, 0.717) is 6.42 Å². The quantitative estimate of drug-likeness (QED) is 0.878. The van der Waals surface area contributed by atoms with Gasteiger partial charge in [0.25, 0.3) is 0 Å². The lowest BCUT2D eigenvalue weighted by Gasteiger charge is -2.29.